The van der Waals surface area contributed by atoms with Crippen molar-refractivity contribution < 1.29 is 4.79 Å². The van der Waals surface area contributed by atoms with Crippen LogP contribution in [-0.2, 0) is 4.79 Å². The number of nitrogens with one attached hydrogen (secondary N) is 1. The average molecular weight is 196 g/mol. The van der Waals surface area contributed by atoms with Crippen LogP contribution < -0.4 is 5.32 Å². The molecule has 0 saturated carbocycles. The summed E-state index contributed by atoms with van der Waals surface area (Å²) in [7, 11) is 0. The first-order valence-corrected chi connectivity index (χ1v) is 5.15. The summed E-state index contributed by atoms with van der Waals surface area (Å²) < 4.78 is 0. The zero-order valence-electron chi connectivity index (χ0n) is 9.39. The molecule has 0 fully saturated rings. The topological polar surface area (TPSA) is 52.9 Å². The standard InChI is InChI=1S/C11H20N2O/c1-4-7-11(2,3)9-13-10(14)6-5-8-12/h4-7,9H2,1-3H3,(H,13,14). The second-order valence-electron chi connectivity index (χ2n) is 4.35. The van der Waals surface area contributed by atoms with Crippen LogP contribution in [0.15, 0.2) is 0 Å². The highest BCUT2D eigenvalue weighted by Crippen LogP contribution is 2.20. The third kappa shape index (κ3) is 6.47. The first-order chi connectivity index (χ1) is 6.52. The molecule has 0 bridgehead atoms. The molecule has 0 unspecified atom stereocenters. The Balaban J connectivity index is 3.71. The predicted octanol–water partition coefficient (Wildman–Crippen LogP) is 2.23. The van der Waals surface area contributed by atoms with Gasteiger partial charge in [-0.3, -0.25) is 4.79 Å². The molecule has 0 saturated heterocycles. The predicted molar refractivity (Wildman–Crippen MR) is 56.5 cm³/mol. The summed E-state index contributed by atoms with van der Waals surface area (Å²) in [5.41, 5.74) is 0.164. The molecule has 3 heteroatoms. The van der Waals surface area contributed by atoms with Gasteiger partial charge in [0.25, 0.3) is 0 Å². The summed E-state index contributed by atoms with van der Waals surface area (Å²) in [6.07, 6.45) is 2.85. The minimum Gasteiger partial charge on any atom is -0.356 e. The van der Waals surface area contributed by atoms with Gasteiger partial charge in [-0.25, -0.2) is 0 Å². The molecule has 0 aliphatic rings. The number of nitriles is 1. The summed E-state index contributed by atoms with van der Waals surface area (Å²) >= 11 is 0. The van der Waals surface area contributed by atoms with Gasteiger partial charge < -0.3 is 5.32 Å². The van der Waals surface area contributed by atoms with Crippen molar-refractivity contribution in [2.24, 2.45) is 5.41 Å². The molecule has 0 rings (SSSR count). The number of carbonyl (C=O) groups excluding carboxylic acids is 1. The highest BCUT2D eigenvalue weighted by Gasteiger charge is 2.17. The number of carbonyl (C=O) groups is 1. The van der Waals surface area contributed by atoms with E-state index in [0.29, 0.717) is 19.4 Å². The van der Waals surface area contributed by atoms with Gasteiger partial charge in [0.15, 0.2) is 0 Å². The van der Waals surface area contributed by atoms with E-state index in [9.17, 15) is 4.79 Å². The van der Waals surface area contributed by atoms with Crippen molar-refractivity contribution in [2.75, 3.05) is 6.54 Å². The molecule has 1 N–H and O–H groups in total. The molecule has 14 heavy (non-hydrogen) atoms. The lowest BCUT2D eigenvalue weighted by Gasteiger charge is -2.24. The Morgan fingerprint density at radius 1 is 1.50 bits per heavy atom. The van der Waals surface area contributed by atoms with E-state index < -0.39 is 0 Å². The maximum Gasteiger partial charge on any atom is 0.221 e. The molecule has 0 spiro atoms. The Labute approximate surface area is 86.5 Å². The maximum atomic E-state index is 11.2. The first kappa shape index (κ1) is 13.0. The summed E-state index contributed by atoms with van der Waals surface area (Å²) in [5.74, 6) is -0.0178. The number of rotatable bonds is 6. The van der Waals surface area contributed by atoms with Gasteiger partial charge in [0.1, 0.15) is 0 Å². The van der Waals surface area contributed by atoms with Gasteiger partial charge in [-0.1, -0.05) is 27.2 Å². The summed E-state index contributed by atoms with van der Waals surface area (Å²) in [5, 5.41) is 11.1. The molecule has 80 valence electrons. The molecule has 0 aromatic rings. The van der Waals surface area contributed by atoms with E-state index in [0.717, 1.165) is 12.8 Å². The Hall–Kier alpha value is -1.04. The molecule has 0 heterocycles. The van der Waals surface area contributed by atoms with Crippen LogP contribution in [0.25, 0.3) is 0 Å². The van der Waals surface area contributed by atoms with E-state index in [4.69, 9.17) is 5.26 Å². The van der Waals surface area contributed by atoms with Crippen LogP contribution in [0.3, 0.4) is 0 Å². The van der Waals surface area contributed by atoms with Crippen LogP contribution in [0.5, 0.6) is 0 Å². The van der Waals surface area contributed by atoms with Crippen LogP contribution in [0, 0.1) is 16.7 Å². The van der Waals surface area contributed by atoms with Crippen LogP contribution in [0.1, 0.15) is 46.5 Å². The van der Waals surface area contributed by atoms with Crippen molar-refractivity contribution in [2.45, 2.75) is 46.5 Å². The number of hydrogen-bond acceptors (Lipinski definition) is 2. The van der Waals surface area contributed by atoms with E-state index in [1.54, 1.807) is 0 Å². The van der Waals surface area contributed by atoms with E-state index in [2.05, 4.69) is 26.1 Å². The molecule has 0 aromatic heterocycles. The first-order valence-electron chi connectivity index (χ1n) is 5.15. The van der Waals surface area contributed by atoms with Crippen molar-refractivity contribution in [1.82, 2.24) is 5.32 Å². The lowest BCUT2D eigenvalue weighted by molar-refractivity contribution is -0.121. The molecule has 1 amide bonds. The van der Waals surface area contributed by atoms with E-state index in [1.807, 2.05) is 6.07 Å². The van der Waals surface area contributed by atoms with Gasteiger partial charge in [0, 0.05) is 19.4 Å². The SMILES string of the molecule is CCCC(C)(C)CNC(=O)CCC#N. The smallest absolute Gasteiger partial charge is 0.221 e. The number of hydrogen-bond donors (Lipinski definition) is 1. The summed E-state index contributed by atoms with van der Waals surface area (Å²) in [6, 6.07) is 1.96. The van der Waals surface area contributed by atoms with Gasteiger partial charge in [-0.15, -0.1) is 0 Å². The lowest BCUT2D eigenvalue weighted by atomic mass is 9.88. The van der Waals surface area contributed by atoms with E-state index in [1.165, 1.54) is 0 Å². The van der Waals surface area contributed by atoms with Crippen molar-refractivity contribution in [3.05, 3.63) is 0 Å². The van der Waals surface area contributed by atoms with Crippen molar-refractivity contribution in [3.8, 4) is 6.07 Å². The minimum absolute atomic E-state index is 0.0178. The molecule has 0 aliphatic carbocycles. The van der Waals surface area contributed by atoms with Crippen LogP contribution in [0.4, 0.5) is 0 Å². The van der Waals surface area contributed by atoms with Crippen molar-refractivity contribution >= 4 is 5.91 Å². The van der Waals surface area contributed by atoms with Crippen molar-refractivity contribution in [1.29, 1.82) is 5.26 Å². The third-order valence-electron chi connectivity index (χ3n) is 2.15. The fourth-order valence-corrected chi connectivity index (χ4v) is 1.36. The highest BCUT2D eigenvalue weighted by atomic mass is 16.1. The number of amides is 1. The van der Waals surface area contributed by atoms with Crippen LogP contribution in [-0.4, -0.2) is 12.5 Å². The normalized spacial score (nSPS) is 10.7. The Morgan fingerprint density at radius 2 is 2.14 bits per heavy atom. The Morgan fingerprint density at radius 3 is 2.64 bits per heavy atom. The minimum atomic E-state index is -0.0178. The molecule has 3 nitrogen and oxygen atoms in total. The second-order valence-corrected chi connectivity index (χ2v) is 4.35. The van der Waals surface area contributed by atoms with Crippen LogP contribution in [0.2, 0.25) is 0 Å². The fraction of sp³-hybridized carbons (Fsp3) is 0.818. The number of nitrogens with zero attached hydrogens (tertiary/aromatic N) is 1. The zero-order chi connectivity index (χ0) is 11.0. The lowest BCUT2D eigenvalue weighted by Crippen LogP contribution is -2.33. The molecule has 0 aliphatic heterocycles. The van der Waals surface area contributed by atoms with Gasteiger partial charge in [0.2, 0.25) is 5.91 Å². The maximum absolute atomic E-state index is 11.2. The molecular weight excluding hydrogens is 176 g/mol. The molecule has 0 radical (unpaired) electrons. The molecule has 0 aromatic carbocycles. The summed E-state index contributed by atoms with van der Waals surface area (Å²) in [4.78, 5) is 11.2. The Bertz CT molecular complexity index is 216. The zero-order valence-corrected chi connectivity index (χ0v) is 9.39. The van der Waals surface area contributed by atoms with Gasteiger partial charge in [0.05, 0.1) is 6.07 Å². The highest BCUT2D eigenvalue weighted by molar-refractivity contribution is 5.76. The fourth-order valence-electron chi connectivity index (χ4n) is 1.36. The van der Waals surface area contributed by atoms with E-state index in [-0.39, 0.29) is 11.3 Å². The monoisotopic (exact) mass is 196 g/mol. The molecular formula is C11H20N2O. The summed E-state index contributed by atoms with van der Waals surface area (Å²) in [6.45, 7) is 7.12. The third-order valence-corrected chi connectivity index (χ3v) is 2.15. The second kappa shape index (κ2) is 6.42. The van der Waals surface area contributed by atoms with Crippen molar-refractivity contribution in [3.63, 3.8) is 0 Å². The van der Waals surface area contributed by atoms with Gasteiger partial charge >= 0.3 is 0 Å². The van der Waals surface area contributed by atoms with E-state index >= 15 is 0 Å². The molecule has 0 atom stereocenters. The van der Waals surface area contributed by atoms with Crippen LogP contribution >= 0.6 is 0 Å². The average Bonchev–Trinajstić information content (AvgIpc) is 2.11. The largest absolute Gasteiger partial charge is 0.356 e. The van der Waals surface area contributed by atoms with Gasteiger partial charge in [-0.05, 0) is 11.8 Å². The quantitative estimate of drug-likeness (QED) is 0.708. The van der Waals surface area contributed by atoms with Gasteiger partial charge in [-0.2, -0.15) is 5.26 Å². The Kier molecular flexibility index (Phi) is 5.94.